The van der Waals surface area contributed by atoms with E-state index in [2.05, 4.69) is 0 Å². The monoisotopic (exact) mass is 299 g/mol. The number of aromatic nitrogens is 1. The minimum atomic E-state index is -1.11. The smallest absolute Gasteiger partial charge is 0.164 e. The molecule has 1 aliphatic heterocycles. The summed E-state index contributed by atoms with van der Waals surface area (Å²) < 4.78 is 8.60. The first-order chi connectivity index (χ1) is 9.13. The number of aliphatic hydroxyl groups is 3. The van der Waals surface area contributed by atoms with Gasteiger partial charge in [-0.25, -0.2) is 0 Å². The van der Waals surface area contributed by atoms with Gasteiger partial charge < -0.3 is 24.6 Å². The van der Waals surface area contributed by atoms with Gasteiger partial charge in [0.2, 0.25) is 0 Å². The number of hydrogen-bond donors (Lipinski definition) is 3. The first-order valence-electron chi connectivity index (χ1n) is 5.84. The molecule has 1 saturated heterocycles. The van der Waals surface area contributed by atoms with Crippen LogP contribution in [0.5, 0.6) is 0 Å². The largest absolute Gasteiger partial charge is 0.394 e. The summed E-state index contributed by atoms with van der Waals surface area (Å²) in [5.74, 6) is 0. The fraction of sp³-hybridized carbons (Fsp3) is 0.417. The Balaban J connectivity index is 2.05. The van der Waals surface area contributed by atoms with Crippen LogP contribution in [-0.4, -0.2) is 44.8 Å². The highest BCUT2D eigenvalue weighted by atomic mass is 32.1. The van der Waals surface area contributed by atoms with Gasteiger partial charge in [-0.05, 0) is 22.9 Å². The van der Waals surface area contributed by atoms with Gasteiger partial charge in [-0.15, -0.1) is 11.3 Å². The molecule has 1 aliphatic rings. The van der Waals surface area contributed by atoms with Gasteiger partial charge >= 0.3 is 0 Å². The fourth-order valence-electron chi connectivity index (χ4n) is 2.28. The highest BCUT2D eigenvalue weighted by molar-refractivity contribution is 7.71. The average molecular weight is 299 g/mol. The molecule has 0 bridgehead atoms. The predicted octanol–water partition coefficient (Wildman–Crippen LogP) is 1.04. The van der Waals surface area contributed by atoms with Gasteiger partial charge in [0.1, 0.15) is 23.0 Å². The molecule has 1 fully saturated rings. The van der Waals surface area contributed by atoms with Crippen LogP contribution in [0, 0.1) is 4.64 Å². The van der Waals surface area contributed by atoms with E-state index in [1.807, 2.05) is 17.5 Å². The number of ether oxygens (including phenoxy) is 1. The molecule has 0 saturated carbocycles. The Morgan fingerprint density at radius 1 is 1.32 bits per heavy atom. The Kier molecular flexibility index (Phi) is 3.42. The fourth-order valence-corrected chi connectivity index (χ4v) is 3.54. The summed E-state index contributed by atoms with van der Waals surface area (Å²) in [7, 11) is 0. The number of fused-ring (bicyclic) bond motifs is 1. The first-order valence-corrected chi connectivity index (χ1v) is 7.13. The summed E-state index contributed by atoms with van der Waals surface area (Å²) in [4.78, 5) is 0. The SMILES string of the molecule is OC[C@H]1O[C@@H](n2ccc3ccsc3c2=S)[C@@H](O)C1O. The second-order valence-corrected chi connectivity index (χ2v) is 5.76. The third-order valence-electron chi connectivity index (χ3n) is 3.33. The number of nitrogens with zero attached hydrogens (tertiary/aromatic N) is 1. The standard InChI is InChI=1S/C12H13NO4S2/c14-5-7-8(15)9(16)11(17-7)13-3-1-6-2-4-19-10(6)12(13)18/h1-4,7-9,11,14-16H,5H2/t7-,8?,9+,11-/m1/s1. The predicted molar refractivity (Wildman–Crippen MR) is 73.7 cm³/mol. The zero-order valence-corrected chi connectivity index (χ0v) is 11.5. The van der Waals surface area contributed by atoms with Crippen molar-refractivity contribution in [3.8, 4) is 0 Å². The quantitative estimate of drug-likeness (QED) is 0.723. The topological polar surface area (TPSA) is 74.9 Å². The summed E-state index contributed by atoms with van der Waals surface area (Å²) in [6, 6.07) is 3.85. The highest BCUT2D eigenvalue weighted by Crippen LogP contribution is 2.32. The van der Waals surface area contributed by atoms with E-state index in [4.69, 9.17) is 22.1 Å². The van der Waals surface area contributed by atoms with Crippen molar-refractivity contribution in [2.45, 2.75) is 24.5 Å². The Morgan fingerprint density at radius 2 is 2.11 bits per heavy atom. The van der Waals surface area contributed by atoms with E-state index in [-0.39, 0.29) is 6.61 Å². The number of pyridine rings is 1. The molecule has 0 radical (unpaired) electrons. The number of rotatable bonds is 2. The molecule has 1 unspecified atom stereocenters. The van der Waals surface area contributed by atoms with Gasteiger partial charge in [0.25, 0.3) is 0 Å². The third-order valence-corrected chi connectivity index (χ3v) is 4.81. The third kappa shape index (κ3) is 2.03. The molecule has 0 amide bonds. The van der Waals surface area contributed by atoms with Crippen molar-refractivity contribution in [2.24, 2.45) is 0 Å². The summed E-state index contributed by atoms with van der Waals surface area (Å²) in [5.41, 5.74) is 0. The van der Waals surface area contributed by atoms with E-state index in [0.717, 1.165) is 10.1 Å². The Labute approximate surface area is 118 Å². The average Bonchev–Trinajstić information content (AvgIpc) is 2.98. The van der Waals surface area contributed by atoms with Crippen molar-refractivity contribution in [1.82, 2.24) is 4.57 Å². The molecule has 0 spiro atoms. The molecule has 3 rings (SSSR count). The Bertz CT molecular complexity index is 652. The molecule has 0 aliphatic carbocycles. The molecule has 19 heavy (non-hydrogen) atoms. The van der Waals surface area contributed by atoms with Crippen LogP contribution in [0.4, 0.5) is 0 Å². The van der Waals surface area contributed by atoms with Gasteiger partial charge in [-0.2, -0.15) is 0 Å². The van der Waals surface area contributed by atoms with Crippen LogP contribution in [0.3, 0.4) is 0 Å². The van der Waals surface area contributed by atoms with Crippen LogP contribution < -0.4 is 0 Å². The normalized spacial score (nSPS) is 31.1. The molecule has 7 heteroatoms. The number of aliphatic hydroxyl groups excluding tert-OH is 3. The van der Waals surface area contributed by atoms with E-state index < -0.39 is 24.5 Å². The second-order valence-electron chi connectivity index (χ2n) is 4.46. The lowest BCUT2D eigenvalue weighted by atomic mass is 10.1. The van der Waals surface area contributed by atoms with Crippen LogP contribution in [-0.2, 0) is 4.74 Å². The molecule has 5 nitrogen and oxygen atoms in total. The highest BCUT2D eigenvalue weighted by Gasteiger charge is 2.43. The van der Waals surface area contributed by atoms with Crippen molar-refractivity contribution < 1.29 is 20.1 Å². The summed E-state index contributed by atoms with van der Waals surface area (Å²) >= 11 is 6.91. The summed E-state index contributed by atoms with van der Waals surface area (Å²) in [6.45, 7) is -0.344. The maximum absolute atomic E-state index is 10.0. The summed E-state index contributed by atoms with van der Waals surface area (Å²) in [5, 5.41) is 31.9. The van der Waals surface area contributed by atoms with Gasteiger partial charge in [-0.3, -0.25) is 0 Å². The van der Waals surface area contributed by atoms with Crippen molar-refractivity contribution in [2.75, 3.05) is 6.61 Å². The molecular weight excluding hydrogens is 286 g/mol. The van der Waals surface area contributed by atoms with E-state index in [0.29, 0.717) is 4.64 Å². The number of hydrogen-bond acceptors (Lipinski definition) is 6. The van der Waals surface area contributed by atoms with Crippen LogP contribution >= 0.6 is 23.6 Å². The molecular formula is C12H13NO4S2. The van der Waals surface area contributed by atoms with E-state index >= 15 is 0 Å². The van der Waals surface area contributed by atoms with Gasteiger partial charge in [0, 0.05) is 6.20 Å². The second kappa shape index (κ2) is 4.93. The Morgan fingerprint density at radius 3 is 2.79 bits per heavy atom. The van der Waals surface area contributed by atoms with Gasteiger partial charge in [0.05, 0.1) is 11.3 Å². The van der Waals surface area contributed by atoms with Gasteiger partial charge in [0.15, 0.2) is 6.23 Å². The zero-order chi connectivity index (χ0) is 13.6. The van der Waals surface area contributed by atoms with Crippen molar-refractivity contribution in [1.29, 1.82) is 0 Å². The van der Waals surface area contributed by atoms with Crippen LogP contribution in [0.2, 0.25) is 0 Å². The number of thiophene rings is 1. The maximum atomic E-state index is 10.0. The molecule has 3 N–H and O–H groups in total. The zero-order valence-electron chi connectivity index (χ0n) is 9.84. The van der Waals surface area contributed by atoms with Crippen LogP contribution in [0.25, 0.3) is 10.1 Å². The minimum Gasteiger partial charge on any atom is -0.394 e. The lowest BCUT2D eigenvalue weighted by Gasteiger charge is -2.18. The van der Waals surface area contributed by atoms with Crippen LogP contribution in [0.1, 0.15) is 6.23 Å². The van der Waals surface area contributed by atoms with Crippen molar-refractivity contribution in [3.05, 3.63) is 28.4 Å². The first kappa shape index (κ1) is 13.2. The minimum absolute atomic E-state index is 0.344. The van der Waals surface area contributed by atoms with E-state index in [1.165, 1.54) is 11.3 Å². The Hall–Kier alpha value is -0.830. The molecule has 102 valence electrons. The lowest BCUT2D eigenvalue weighted by Crippen LogP contribution is -2.33. The van der Waals surface area contributed by atoms with Crippen molar-refractivity contribution in [3.63, 3.8) is 0 Å². The van der Waals surface area contributed by atoms with Crippen molar-refractivity contribution >= 4 is 33.6 Å². The summed E-state index contributed by atoms with van der Waals surface area (Å²) in [6.07, 6.45) is -2.05. The van der Waals surface area contributed by atoms with Crippen LogP contribution in [0.15, 0.2) is 23.7 Å². The molecule has 4 atom stereocenters. The lowest BCUT2D eigenvalue weighted by molar-refractivity contribution is -0.0533. The van der Waals surface area contributed by atoms with E-state index in [1.54, 1.807) is 10.8 Å². The molecule has 2 aromatic rings. The molecule has 3 heterocycles. The maximum Gasteiger partial charge on any atom is 0.164 e. The molecule has 2 aromatic heterocycles. The molecule has 0 aromatic carbocycles. The van der Waals surface area contributed by atoms with Gasteiger partial charge in [-0.1, -0.05) is 12.2 Å². The van der Waals surface area contributed by atoms with E-state index in [9.17, 15) is 10.2 Å².